The first-order valence-electron chi connectivity index (χ1n) is 11.4. The van der Waals surface area contributed by atoms with Gasteiger partial charge in [-0.15, -0.1) is 0 Å². The molecule has 0 aliphatic heterocycles. The average molecular weight is 531 g/mol. The second-order valence-corrected chi connectivity index (χ2v) is 10.9. The van der Waals surface area contributed by atoms with E-state index in [1.165, 1.54) is 36.2 Å². The fourth-order valence-electron chi connectivity index (χ4n) is 3.79. The Morgan fingerprint density at radius 2 is 1.58 bits per heavy atom. The van der Waals surface area contributed by atoms with Gasteiger partial charge in [-0.3, -0.25) is 9.10 Å². The maximum atomic E-state index is 13.4. The number of amides is 1. The van der Waals surface area contributed by atoms with Crippen molar-refractivity contribution in [2.75, 3.05) is 24.8 Å². The number of ether oxygens (including phenoxy) is 2. The fraction of sp³-hybridized carbons (Fsp3) is 0.296. The minimum atomic E-state index is -3.78. The summed E-state index contributed by atoms with van der Waals surface area (Å²) in [5.74, 6) is 0.227. The molecular weight excluding hydrogens is 500 g/mol. The Labute approximate surface area is 218 Å². The number of methoxy groups -OCH3 is 2. The molecule has 0 aliphatic carbocycles. The normalized spacial score (nSPS) is 12.0. The van der Waals surface area contributed by atoms with Gasteiger partial charge in [0.25, 0.3) is 5.91 Å². The summed E-state index contributed by atoms with van der Waals surface area (Å²) in [7, 11) is -0.860. The van der Waals surface area contributed by atoms with Crippen LogP contribution in [0.1, 0.15) is 34.8 Å². The molecule has 3 aromatic rings. The zero-order valence-electron chi connectivity index (χ0n) is 20.8. The van der Waals surface area contributed by atoms with Crippen LogP contribution >= 0.6 is 11.6 Å². The molecule has 1 amide bonds. The third kappa shape index (κ3) is 7.15. The number of hydrogen-bond donors (Lipinski definition) is 1. The molecule has 192 valence electrons. The summed E-state index contributed by atoms with van der Waals surface area (Å²) < 4.78 is 37.8. The van der Waals surface area contributed by atoms with E-state index < -0.39 is 15.9 Å². The molecule has 3 aromatic carbocycles. The number of carbonyl (C=O) groups excluding carboxylic acids is 1. The van der Waals surface area contributed by atoms with E-state index in [-0.39, 0.29) is 23.8 Å². The highest BCUT2D eigenvalue weighted by Gasteiger charge is 2.27. The van der Waals surface area contributed by atoms with Crippen LogP contribution in [0.5, 0.6) is 11.5 Å². The first-order chi connectivity index (χ1) is 17.1. The van der Waals surface area contributed by atoms with Gasteiger partial charge in [0.15, 0.2) is 11.5 Å². The molecule has 36 heavy (non-hydrogen) atoms. The molecule has 7 nitrogen and oxygen atoms in total. The van der Waals surface area contributed by atoms with Crippen molar-refractivity contribution in [1.82, 2.24) is 5.32 Å². The Balaban J connectivity index is 1.95. The summed E-state index contributed by atoms with van der Waals surface area (Å²) in [5, 5.41) is 3.54. The number of hydrogen-bond acceptors (Lipinski definition) is 5. The van der Waals surface area contributed by atoms with Gasteiger partial charge in [-0.05, 0) is 49.1 Å². The molecule has 9 heteroatoms. The van der Waals surface area contributed by atoms with Crippen LogP contribution in [0, 0.1) is 0 Å². The molecule has 0 heterocycles. The maximum Gasteiger partial charge on any atom is 0.253 e. The van der Waals surface area contributed by atoms with Gasteiger partial charge in [0.2, 0.25) is 10.0 Å². The molecule has 3 rings (SSSR count). The van der Waals surface area contributed by atoms with Crippen molar-refractivity contribution in [3.8, 4) is 11.5 Å². The third-order valence-electron chi connectivity index (χ3n) is 5.74. The summed E-state index contributed by atoms with van der Waals surface area (Å²) in [6, 6.07) is 19.7. The van der Waals surface area contributed by atoms with Crippen molar-refractivity contribution in [3.63, 3.8) is 0 Å². The van der Waals surface area contributed by atoms with Crippen LogP contribution in [0.15, 0.2) is 66.7 Å². The Kier molecular flexibility index (Phi) is 9.23. The van der Waals surface area contributed by atoms with Gasteiger partial charge in [-0.2, -0.15) is 0 Å². The van der Waals surface area contributed by atoms with E-state index in [4.69, 9.17) is 21.1 Å². The van der Waals surface area contributed by atoms with Crippen molar-refractivity contribution in [1.29, 1.82) is 0 Å². The monoisotopic (exact) mass is 530 g/mol. The Morgan fingerprint density at radius 1 is 0.972 bits per heavy atom. The van der Waals surface area contributed by atoms with Crippen molar-refractivity contribution < 1.29 is 22.7 Å². The highest BCUT2D eigenvalue weighted by Crippen LogP contribution is 2.37. The summed E-state index contributed by atoms with van der Waals surface area (Å²) >= 11 is 5.99. The zero-order valence-corrected chi connectivity index (χ0v) is 22.4. The average Bonchev–Trinajstić information content (AvgIpc) is 2.86. The van der Waals surface area contributed by atoms with Crippen LogP contribution in [-0.4, -0.2) is 40.8 Å². The molecular formula is C27H31ClN2O5S. The minimum Gasteiger partial charge on any atom is -0.493 e. The molecule has 1 atom stereocenters. The lowest BCUT2D eigenvalue weighted by Gasteiger charge is -2.26. The summed E-state index contributed by atoms with van der Waals surface area (Å²) in [4.78, 5) is 13.4. The van der Waals surface area contributed by atoms with Gasteiger partial charge in [0.05, 0.1) is 38.3 Å². The van der Waals surface area contributed by atoms with E-state index in [1.54, 1.807) is 24.3 Å². The van der Waals surface area contributed by atoms with Gasteiger partial charge in [-0.25, -0.2) is 8.42 Å². The molecule has 0 aliphatic rings. The highest BCUT2D eigenvalue weighted by atomic mass is 35.5. The predicted molar refractivity (Wildman–Crippen MR) is 144 cm³/mol. The van der Waals surface area contributed by atoms with Crippen LogP contribution in [0.2, 0.25) is 5.02 Å². The number of halogens is 1. The molecule has 0 bridgehead atoms. The number of nitrogens with zero attached hydrogens (tertiary/aromatic N) is 1. The number of rotatable bonds is 11. The Morgan fingerprint density at radius 3 is 2.17 bits per heavy atom. The fourth-order valence-corrected chi connectivity index (χ4v) is 4.81. The Bertz CT molecular complexity index is 1280. The van der Waals surface area contributed by atoms with E-state index in [1.807, 2.05) is 37.3 Å². The van der Waals surface area contributed by atoms with Crippen LogP contribution in [0.25, 0.3) is 0 Å². The molecule has 1 N–H and O–H groups in total. The lowest BCUT2D eigenvalue weighted by atomic mass is 10.1. The summed E-state index contributed by atoms with van der Waals surface area (Å²) in [6.07, 6.45) is 2.62. The SMILES string of the molecule is COc1cc(C(=O)N[C@H](C)CCc2ccccc2)c(N(Cc2ccc(Cl)cc2)S(C)(=O)=O)cc1OC. The standard InChI is InChI=1S/C27H31ClN2O5S/c1-19(10-11-20-8-6-5-7-9-20)29-27(31)23-16-25(34-2)26(35-3)17-24(23)30(36(4,32)33)18-21-12-14-22(28)15-13-21/h5-9,12-17,19H,10-11,18H2,1-4H3,(H,29,31)/t19-/m1/s1. The van der Waals surface area contributed by atoms with Crippen molar-refractivity contribution >= 4 is 33.2 Å². The lowest BCUT2D eigenvalue weighted by molar-refractivity contribution is 0.0938. The van der Waals surface area contributed by atoms with E-state index in [9.17, 15) is 13.2 Å². The van der Waals surface area contributed by atoms with Crippen molar-refractivity contribution in [2.45, 2.75) is 32.4 Å². The van der Waals surface area contributed by atoms with E-state index >= 15 is 0 Å². The molecule has 0 saturated carbocycles. The largest absolute Gasteiger partial charge is 0.493 e. The lowest BCUT2D eigenvalue weighted by Crippen LogP contribution is -2.36. The van der Waals surface area contributed by atoms with Crippen LogP contribution in [0.3, 0.4) is 0 Å². The summed E-state index contributed by atoms with van der Waals surface area (Å²) in [5.41, 5.74) is 2.25. The molecule has 0 fully saturated rings. The molecule has 0 radical (unpaired) electrons. The number of anilines is 1. The van der Waals surface area contributed by atoms with Gasteiger partial charge in [0, 0.05) is 17.1 Å². The quantitative estimate of drug-likeness (QED) is 0.374. The van der Waals surface area contributed by atoms with Gasteiger partial charge >= 0.3 is 0 Å². The van der Waals surface area contributed by atoms with Crippen LogP contribution in [0.4, 0.5) is 5.69 Å². The topological polar surface area (TPSA) is 84.9 Å². The molecule has 0 unspecified atom stereocenters. The first-order valence-corrected chi connectivity index (χ1v) is 13.7. The number of sulfonamides is 1. The minimum absolute atomic E-state index is 0.00925. The van der Waals surface area contributed by atoms with E-state index in [0.717, 1.165) is 19.1 Å². The number of benzene rings is 3. The van der Waals surface area contributed by atoms with Crippen molar-refractivity contribution in [2.24, 2.45) is 0 Å². The zero-order chi connectivity index (χ0) is 26.3. The Hall–Kier alpha value is -3.23. The second kappa shape index (κ2) is 12.1. The predicted octanol–water partition coefficient (Wildman–Crippen LogP) is 5.07. The first kappa shape index (κ1) is 27.4. The van der Waals surface area contributed by atoms with Gasteiger partial charge in [-0.1, -0.05) is 54.1 Å². The molecule has 0 spiro atoms. The highest BCUT2D eigenvalue weighted by molar-refractivity contribution is 7.92. The molecule has 0 aromatic heterocycles. The van der Waals surface area contributed by atoms with Gasteiger partial charge in [0.1, 0.15) is 0 Å². The van der Waals surface area contributed by atoms with Gasteiger partial charge < -0.3 is 14.8 Å². The smallest absolute Gasteiger partial charge is 0.253 e. The second-order valence-electron chi connectivity index (χ2n) is 8.52. The van der Waals surface area contributed by atoms with E-state index in [0.29, 0.717) is 22.1 Å². The van der Waals surface area contributed by atoms with E-state index in [2.05, 4.69) is 5.32 Å². The summed E-state index contributed by atoms with van der Waals surface area (Å²) in [6.45, 7) is 1.93. The molecule has 0 saturated heterocycles. The van der Waals surface area contributed by atoms with Crippen LogP contribution in [-0.2, 0) is 23.0 Å². The number of carbonyl (C=O) groups is 1. The van der Waals surface area contributed by atoms with Crippen molar-refractivity contribution in [3.05, 3.63) is 88.4 Å². The third-order valence-corrected chi connectivity index (χ3v) is 7.12. The number of aryl methyl sites for hydroxylation is 1. The number of nitrogens with one attached hydrogen (secondary N) is 1. The maximum absolute atomic E-state index is 13.4. The van der Waals surface area contributed by atoms with Crippen LogP contribution < -0.4 is 19.1 Å².